The number of esters is 1. The van der Waals surface area contributed by atoms with Crippen molar-refractivity contribution in [3.8, 4) is 5.75 Å². The van der Waals surface area contributed by atoms with Crippen LogP contribution in [0.2, 0.25) is 0 Å². The summed E-state index contributed by atoms with van der Waals surface area (Å²) in [5.41, 5.74) is 1.48. The van der Waals surface area contributed by atoms with Crippen LogP contribution in [0.15, 0.2) is 48.5 Å². The number of thiocarbonyl (C=S) groups is 1. The molecular weight excluding hydrogens is 364 g/mol. The molecular formula is C20H22N2O4S. The average Bonchev–Trinajstić information content (AvgIpc) is 2.68. The van der Waals surface area contributed by atoms with E-state index in [1.54, 1.807) is 0 Å². The van der Waals surface area contributed by atoms with Crippen LogP contribution in [0.1, 0.15) is 41.0 Å². The van der Waals surface area contributed by atoms with Crippen LogP contribution < -0.4 is 15.4 Å². The zero-order valence-corrected chi connectivity index (χ0v) is 16.3. The molecule has 0 spiro atoms. The van der Waals surface area contributed by atoms with Crippen molar-refractivity contribution >= 4 is 34.9 Å². The van der Waals surface area contributed by atoms with Gasteiger partial charge in [-0.2, -0.15) is 0 Å². The van der Waals surface area contributed by atoms with Gasteiger partial charge in [-0.05, 0) is 74.1 Å². The van der Waals surface area contributed by atoms with Crippen LogP contribution in [0.3, 0.4) is 0 Å². The van der Waals surface area contributed by atoms with Crippen molar-refractivity contribution in [2.75, 3.05) is 12.4 Å². The van der Waals surface area contributed by atoms with E-state index < -0.39 is 5.97 Å². The van der Waals surface area contributed by atoms with Crippen LogP contribution in [0.4, 0.5) is 5.69 Å². The number of ether oxygens (including phenoxy) is 2. The van der Waals surface area contributed by atoms with Crippen molar-refractivity contribution < 1.29 is 19.1 Å². The number of amides is 1. The van der Waals surface area contributed by atoms with Gasteiger partial charge in [0.25, 0.3) is 5.91 Å². The summed E-state index contributed by atoms with van der Waals surface area (Å²) in [6, 6.07) is 13.4. The molecule has 0 aromatic heterocycles. The minimum atomic E-state index is -0.458. The molecule has 6 nitrogen and oxygen atoms in total. The Morgan fingerprint density at radius 2 is 1.63 bits per heavy atom. The number of rotatable bonds is 6. The Labute approximate surface area is 163 Å². The van der Waals surface area contributed by atoms with Crippen molar-refractivity contribution in [3.63, 3.8) is 0 Å². The van der Waals surface area contributed by atoms with Gasteiger partial charge in [0.1, 0.15) is 5.75 Å². The molecule has 2 N–H and O–H groups in total. The fourth-order valence-corrected chi connectivity index (χ4v) is 2.36. The number of methoxy groups -OCH3 is 1. The van der Waals surface area contributed by atoms with Gasteiger partial charge in [-0.3, -0.25) is 10.1 Å². The molecule has 2 rings (SSSR count). The summed E-state index contributed by atoms with van der Waals surface area (Å²) in [6.45, 7) is 4.07. The van der Waals surface area contributed by atoms with Crippen LogP contribution in [0.25, 0.3) is 0 Å². The first kappa shape index (κ1) is 20.4. The highest BCUT2D eigenvalue weighted by Gasteiger charge is 2.10. The third-order valence-electron chi connectivity index (χ3n) is 3.82. The summed E-state index contributed by atoms with van der Waals surface area (Å²) in [5.74, 6) is -0.0592. The quantitative estimate of drug-likeness (QED) is 0.581. The van der Waals surface area contributed by atoms with E-state index in [0.29, 0.717) is 11.1 Å². The molecule has 1 amide bonds. The van der Waals surface area contributed by atoms with Gasteiger partial charge in [0, 0.05) is 11.3 Å². The number of hydrogen-bond acceptors (Lipinski definition) is 5. The highest BCUT2D eigenvalue weighted by atomic mass is 32.1. The number of nitrogens with one attached hydrogen (secondary N) is 2. The predicted molar refractivity (Wildman–Crippen MR) is 108 cm³/mol. The second-order valence-corrected chi connectivity index (χ2v) is 6.25. The van der Waals surface area contributed by atoms with Gasteiger partial charge in [-0.15, -0.1) is 0 Å². The van der Waals surface area contributed by atoms with Gasteiger partial charge < -0.3 is 14.8 Å². The molecule has 142 valence electrons. The zero-order chi connectivity index (χ0) is 19.8. The van der Waals surface area contributed by atoms with Crippen LogP contribution in [0, 0.1) is 0 Å². The van der Waals surface area contributed by atoms with Crippen molar-refractivity contribution in [2.45, 2.75) is 26.4 Å². The van der Waals surface area contributed by atoms with E-state index in [9.17, 15) is 9.59 Å². The number of carbonyl (C=O) groups is 2. The fraction of sp³-hybridized carbons (Fsp3) is 0.250. The van der Waals surface area contributed by atoms with E-state index in [1.165, 1.54) is 31.4 Å². The lowest BCUT2D eigenvalue weighted by Crippen LogP contribution is -2.34. The molecule has 0 saturated heterocycles. The maximum absolute atomic E-state index is 12.2. The van der Waals surface area contributed by atoms with Crippen LogP contribution in [-0.4, -0.2) is 30.2 Å². The van der Waals surface area contributed by atoms with E-state index in [2.05, 4.69) is 22.3 Å². The van der Waals surface area contributed by atoms with Crippen LogP contribution in [0.5, 0.6) is 5.75 Å². The second-order valence-electron chi connectivity index (χ2n) is 5.84. The topological polar surface area (TPSA) is 76.7 Å². The van der Waals surface area contributed by atoms with Gasteiger partial charge in [0.2, 0.25) is 0 Å². The molecule has 0 radical (unpaired) electrons. The summed E-state index contributed by atoms with van der Waals surface area (Å²) in [7, 11) is 1.30. The third kappa shape index (κ3) is 6.07. The van der Waals surface area contributed by atoms with Gasteiger partial charge in [-0.1, -0.05) is 6.92 Å². The lowest BCUT2D eigenvalue weighted by molar-refractivity contribution is 0.0600. The van der Waals surface area contributed by atoms with E-state index >= 15 is 0 Å². The average molecular weight is 386 g/mol. The molecule has 0 aliphatic carbocycles. The Morgan fingerprint density at radius 1 is 1.04 bits per heavy atom. The summed E-state index contributed by atoms with van der Waals surface area (Å²) in [4.78, 5) is 23.6. The monoisotopic (exact) mass is 386 g/mol. The lowest BCUT2D eigenvalue weighted by Gasteiger charge is -2.14. The Bertz CT molecular complexity index is 804. The predicted octanol–water partition coefficient (Wildman–Crippen LogP) is 3.78. The molecule has 1 unspecified atom stereocenters. The minimum Gasteiger partial charge on any atom is -0.491 e. The highest BCUT2D eigenvalue weighted by Crippen LogP contribution is 2.17. The molecule has 0 bridgehead atoms. The molecule has 1 atom stereocenters. The summed E-state index contributed by atoms with van der Waals surface area (Å²) in [5, 5.41) is 5.72. The van der Waals surface area contributed by atoms with E-state index in [-0.39, 0.29) is 17.1 Å². The molecule has 0 fully saturated rings. The molecule has 0 saturated carbocycles. The maximum atomic E-state index is 12.2. The lowest BCUT2D eigenvalue weighted by atomic mass is 10.1. The van der Waals surface area contributed by atoms with Crippen molar-refractivity contribution in [1.29, 1.82) is 0 Å². The summed E-state index contributed by atoms with van der Waals surface area (Å²) in [6.07, 6.45) is 1.08. The molecule has 0 aliphatic heterocycles. The van der Waals surface area contributed by atoms with E-state index in [4.69, 9.17) is 17.0 Å². The normalized spacial score (nSPS) is 11.2. The Hall–Kier alpha value is -2.93. The van der Waals surface area contributed by atoms with E-state index in [1.807, 2.05) is 31.2 Å². The number of hydrogen-bond donors (Lipinski definition) is 2. The fourth-order valence-electron chi connectivity index (χ4n) is 2.15. The van der Waals surface area contributed by atoms with Gasteiger partial charge in [-0.25, -0.2) is 4.79 Å². The molecule has 27 heavy (non-hydrogen) atoms. The Balaban J connectivity index is 1.91. The zero-order valence-electron chi connectivity index (χ0n) is 15.4. The second kappa shape index (κ2) is 9.68. The van der Waals surface area contributed by atoms with Gasteiger partial charge >= 0.3 is 5.97 Å². The smallest absolute Gasteiger partial charge is 0.337 e. The first-order valence-electron chi connectivity index (χ1n) is 8.50. The van der Waals surface area contributed by atoms with Crippen molar-refractivity contribution in [3.05, 3.63) is 59.7 Å². The van der Waals surface area contributed by atoms with Gasteiger partial charge in [0.15, 0.2) is 5.11 Å². The Kier molecular flexibility index (Phi) is 7.31. The first-order valence-corrected chi connectivity index (χ1v) is 8.91. The molecule has 0 aliphatic rings. The highest BCUT2D eigenvalue weighted by molar-refractivity contribution is 7.80. The molecule has 0 heterocycles. The molecule has 2 aromatic rings. The number of carbonyl (C=O) groups excluding carboxylic acids is 2. The third-order valence-corrected chi connectivity index (χ3v) is 4.02. The molecule has 2 aromatic carbocycles. The standard InChI is InChI=1S/C20H22N2O4S/c1-4-13(2)26-17-11-9-16(10-12-17)21-20(27)22-18(23)14-5-7-15(8-6-14)19(24)25-3/h5-13H,4H2,1-3H3,(H2,21,22,23,27). The summed E-state index contributed by atoms with van der Waals surface area (Å²) >= 11 is 5.17. The van der Waals surface area contributed by atoms with Crippen LogP contribution in [-0.2, 0) is 4.74 Å². The SMILES string of the molecule is CCC(C)Oc1ccc(NC(=S)NC(=O)c2ccc(C(=O)OC)cc2)cc1. The van der Waals surface area contributed by atoms with Crippen LogP contribution >= 0.6 is 12.2 Å². The Morgan fingerprint density at radius 3 is 2.19 bits per heavy atom. The maximum Gasteiger partial charge on any atom is 0.337 e. The van der Waals surface area contributed by atoms with Crippen molar-refractivity contribution in [1.82, 2.24) is 5.32 Å². The van der Waals surface area contributed by atoms with E-state index in [0.717, 1.165) is 17.9 Å². The van der Waals surface area contributed by atoms with Crippen molar-refractivity contribution in [2.24, 2.45) is 0 Å². The number of benzene rings is 2. The first-order chi connectivity index (χ1) is 12.9. The molecule has 7 heteroatoms. The largest absolute Gasteiger partial charge is 0.491 e. The minimum absolute atomic E-state index is 0.148. The number of anilines is 1. The summed E-state index contributed by atoms with van der Waals surface area (Å²) < 4.78 is 10.3. The van der Waals surface area contributed by atoms with Gasteiger partial charge in [0.05, 0.1) is 18.8 Å².